The van der Waals surface area contributed by atoms with E-state index >= 15 is 0 Å². The highest BCUT2D eigenvalue weighted by Crippen LogP contribution is 2.43. The van der Waals surface area contributed by atoms with Gasteiger partial charge in [0.15, 0.2) is 0 Å². The molecule has 0 spiro atoms. The van der Waals surface area contributed by atoms with Crippen LogP contribution in [0.2, 0.25) is 0 Å². The Morgan fingerprint density at radius 3 is 2.24 bits per heavy atom. The van der Waals surface area contributed by atoms with Gasteiger partial charge in [0.25, 0.3) is 15.7 Å². The monoisotopic (exact) mass is 919 g/mol. The second-order valence-corrected chi connectivity index (χ2v) is 21.1. The van der Waals surface area contributed by atoms with Crippen LogP contribution in [0.3, 0.4) is 0 Å². The number of piperazine rings is 1. The second kappa shape index (κ2) is 21.4. The number of anilines is 2. The van der Waals surface area contributed by atoms with E-state index < -0.39 is 32.6 Å². The van der Waals surface area contributed by atoms with Crippen LogP contribution in [-0.4, -0.2) is 100 Å². The number of thioether (sulfide) groups is 1. The maximum atomic E-state index is 14.1. The third-order valence-corrected chi connectivity index (χ3v) is 15.4. The van der Waals surface area contributed by atoms with E-state index in [4.69, 9.17) is 0 Å². The lowest BCUT2D eigenvalue weighted by Gasteiger charge is -2.39. The molecule has 2 fully saturated rings. The molecule has 0 saturated carbocycles. The number of carbonyl (C=O) groups excluding carboxylic acids is 1. The molecule has 16 heteroatoms. The van der Waals surface area contributed by atoms with Crippen molar-refractivity contribution < 1.29 is 35.2 Å². The number of halogens is 5. The summed E-state index contributed by atoms with van der Waals surface area (Å²) in [4.78, 5) is 20.4. The number of allylic oxidation sites excluding steroid dienone is 2. The van der Waals surface area contributed by atoms with E-state index in [1.165, 1.54) is 23.3 Å². The van der Waals surface area contributed by atoms with Crippen molar-refractivity contribution in [2.24, 2.45) is 5.41 Å². The summed E-state index contributed by atoms with van der Waals surface area (Å²) in [6, 6.07) is 20.2. The minimum absolute atomic E-state index is 0.110. The molecule has 2 N–H and O–H groups in total. The average molecular weight is 920 g/mol. The van der Waals surface area contributed by atoms with Crippen LogP contribution >= 0.6 is 23.7 Å². The van der Waals surface area contributed by atoms with Gasteiger partial charge < -0.3 is 15.1 Å². The number of hydrogen-bond acceptors (Lipinski definition) is 9. The van der Waals surface area contributed by atoms with Crippen molar-refractivity contribution in [2.75, 3.05) is 68.3 Å². The van der Waals surface area contributed by atoms with E-state index in [0.717, 1.165) is 119 Å². The minimum atomic E-state index is -5.75. The number of nitrogens with zero attached hydrogens (tertiary/aromatic N) is 3. The Morgan fingerprint density at radius 2 is 1.58 bits per heavy atom. The van der Waals surface area contributed by atoms with E-state index in [2.05, 4.69) is 45.2 Å². The second-order valence-electron chi connectivity index (χ2n) is 17.2. The number of rotatable bonds is 19. The zero-order valence-electron chi connectivity index (χ0n) is 35.5. The fourth-order valence-corrected chi connectivity index (χ4v) is 10.9. The number of sulfone groups is 1. The van der Waals surface area contributed by atoms with Gasteiger partial charge >= 0.3 is 5.51 Å². The first-order valence-corrected chi connectivity index (χ1v) is 24.6. The molecule has 1 atom stereocenters. The summed E-state index contributed by atoms with van der Waals surface area (Å²) in [6.07, 6.45) is 3.42. The first-order valence-electron chi connectivity index (χ1n) is 21.3. The Bertz CT molecular complexity index is 2120. The molecule has 0 bridgehead atoms. The van der Waals surface area contributed by atoms with Crippen LogP contribution in [0.15, 0.2) is 111 Å². The predicted octanol–water partition coefficient (Wildman–Crippen LogP) is 10.7. The van der Waals surface area contributed by atoms with Gasteiger partial charge in [-0.05, 0) is 136 Å². The Hall–Kier alpha value is -3.57. The van der Waals surface area contributed by atoms with Gasteiger partial charge in [-0.2, -0.15) is 13.2 Å². The number of hydrogen-bond donors (Lipinski definition) is 2. The van der Waals surface area contributed by atoms with Crippen LogP contribution in [0.25, 0.3) is 0 Å². The molecule has 0 radical (unpaired) electrons. The molecule has 2 aliphatic heterocycles. The van der Waals surface area contributed by atoms with Gasteiger partial charge in [0.2, 0.25) is 6.43 Å². The smallest absolute Gasteiger partial charge is 0.380 e. The number of carbonyl (C=O) groups is 1. The molecule has 0 aromatic heterocycles. The molecule has 338 valence electrons. The van der Waals surface area contributed by atoms with E-state index in [1.807, 2.05) is 42.5 Å². The normalized spacial score (nSPS) is 18.3. The Labute approximate surface area is 372 Å². The van der Waals surface area contributed by atoms with Crippen molar-refractivity contribution in [3.05, 3.63) is 102 Å². The molecule has 62 heavy (non-hydrogen) atoms. The van der Waals surface area contributed by atoms with Gasteiger partial charge in [-0.15, -0.1) is 11.8 Å². The number of amides is 1. The summed E-state index contributed by atoms with van der Waals surface area (Å²) in [6.45, 7) is 15.2. The summed E-state index contributed by atoms with van der Waals surface area (Å²) in [5.41, 5.74) is -0.969. The van der Waals surface area contributed by atoms with Gasteiger partial charge in [0.1, 0.15) is 4.90 Å². The number of nitrogens with one attached hydrogen (secondary N) is 2. The highest BCUT2D eigenvalue weighted by Gasteiger charge is 2.48. The lowest BCUT2D eigenvalue weighted by molar-refractivity contribution is -0.0435. The van der Waals surface area contributed by atoms with Crippen molar-refractivity contribution in [2.45, 2.75) is 97.9 Å². The van der Waals surface area contributed by atoms with Crippen LogP contribution in [0, 0.1) is 5.41 Å². The summed E-state index contributed by atoms with van der Waals surface area (Å²) in [7, 11) is -5.75. The largest absolute Gasteiger partial charge is 0.501 e. The summed E-state index contributed by atoms with van der Waals surface area (Å²) in [5, 5.41) is 3.15. The van der Waals surface area contributed by atoms with Crippen molar-refractivity contribution in [3.8, 4) is 0 Å². The Kier molecular flexibility index (Phi) is 16.5. The molecule has 8 nitrogen and oxygen atoms in total. The van der Waals surface area contributed by atoms with Gasteiger partial charge in [-0.3, -0.25) is 14.4 Å². The van der Waals surface area contributed by atoms with E-state index in [9.17, 15) is 35.2 Å². The standard InChI is InChI=1S/C46H58F5N5O3S3/c1-33(11-18-43(47)48)40-30-45(2,3)21-19-35(40)31-55-25-27-56(28-26-55)37-14-12-34(13-15-37)44(57)53-61-39-16-17-41(42(29-39)62(58,59)46(49,50)51)52-36(20-24-54-22-7-8-23-54)32-60-38-9-5-4-6-10-38/h4-6,9-10,12-17,29,36,43,52H,1,7-8,11,18-28,30-32H2,2-3H3,(H,53,57). The van der Waals surface area contributed by atoms with Crippen molar-refractivity contribution in [1.82, 2.24) is 14.5 Å². The minimum Gasteiger partial charge on any atom is -0.380 e. The van der Waals surface area contributed by atoms with Crippen LogP contribution in [0.4, 0.5) is 33.3 Å². The summed E-state index contributed by atoms with van der Waals surface area (Å²) >= 11 is 2.30. The predicted molar refractivity (Wildman–Crippen MR) is 242 cm³/mol. The van der Waals surface area contributed by atoms with Gasteiger partial charge in [0, 0.05) is 78.5 Å². The summed E-state index contributed by atoms with van der Waals surface area (Å²) < 4.78 is 96.9. The zero-order chi connectivity index (χ0) is 44.5. The Morgan fingerprint density at radius 1 is 0.887 bits per heavy atom. The highest BCUT2D eigenvalue weighted by atomic mass is 32.2. The third kappa shape index (κ3) is 13.2. The molecular formula is C46H58F5N5O3S3. The van der Waals surface area contributed by atoms with Crippen LogP contribution in [-0.2, 0) is 9.84 Å². The maximum absolute atomic E-state index is 14.1. The fraction of sp³-hybridized carbons (Fsp3) is 0.500. The first-order chi connectivity index (χ1) is 29.5. The quantitative estimate of drug-likeness (QED) is 0.0694. The number of likely N-dealkylation sites (tertiary alicyclic amines) is 1. The molecular weight excluding hydrogens is 862 g/mol. The van der Waals surface area contributed by atoms with Crippen LogP contribution in [0.5, 0.6) is 0 Å². The van der Waals surface area contributed by atoms with E-state index in [0.29, 0.717) is 24.2 Å². The topological polar surface area (TPSA) is 85.0 Å². The van der Waals surface area contributed by atoms with Crippen molar-refractivity contribution in [1.29, 1.82) is 0 Å². The Balaban J connectivity index is 1.07. The molecule has 2 saturated heterocycles. The fourth-order valence-electron chi connectivity index (χ4n) is 8.25. The molecule has 1 unspecified atom stereocenters. The van der Waals surface area contributed by atoms with Gasteiger partial charge in [-0.1, -0.05) is 49.8 Å². The molecule has 1 aliphatic carbocycles. The van der Waals surface area contributed by atoms with E-state index in [-0.39, 0.29) is 28.5 Å². The van der Waals surface area contributed by atoms with E-state index in [1.54, 1.807) is 23.9 Å². The molecule has 3 aliphatic rings. The molecule has 3 aromatic carbocycles. The number of alkyl halides is 5. The first kappa shape index (κ1) is 47.9. The van der Waals surface area contributed by atoms with Crippen LogP contribution < -0.4 is 14.9 Å². The SMILES string of the molecule is C=C(CCC(F)F)C1=C(CN2CCN(c3ccc(C(=O)NSc4ccc(NC(CCN5CCCC5)CSc5ccccc5)c(S(=O)(=O)C(F)(F)F)c4)cc3)CC2)CCC(C)(C)C1. The van der Waals surface area contributed by atoms with Crippen LogP contribution in [0.1, 0.15) is 75.6 Å². The zero-order valence-corrected chi connectivity index (χ0v) is 37.9. The summed E-state index contributed by atoms with van der Waals surface area (Å²) in [5.74, 6) is 0.0257. The number of benzene rings is 3. The van der Waals surface area contributed by atoms with Crippen molar-refractivity contribution >= 4 is 50.8 Å². The lowest BCUT2D eigenvalue weighted by Crippen LogP contribution is -2.47. The molecule has 3 aromatic rings. The highest BCUT2D eigenvalue weighted by molar-refractivity contribution is 7.99. The molecule has 1 amide bonds. The lowest BCUT2D eigenvalue weighted by atomic mass is 9.72. The van der Waals surface area contributed by atoms with Crippen molar-refractivity contribution in [3.63, 3.8) is 0 Å². The maximum Gasteiger partial charge on any atom is 0.501 e. The third-order valence-electron chi connectivity index (χ3n) is 11.9. The molecule has 6 rings (SSSR count). The van der Waals surface area contributed by atoms with Gasteiger partial charge in [0.05, 0.1) is 5.69 Å². The average Bonchev–Trinajstić information content (AvgIpc) is 3.78. The molecule has 2 heterocycles. The van der Waals surface area contributed by atoms with Gasteiger partial charge in [-0.25, -0.2) is 17.2 Å².